The van der Waals surface area contributed by atoms with Crippen molar-refractivity contribution in [3.63, 3.8) is 0 Å². The van der Waals surface area contributed by atoms with E-state index in [0.29, 0.717) is 24.5 Å². The Hall–Kier alpha value is -3.69. The van der Waals surface area contributed by atoms with E-state index in [1.807, 2.05) is 18.2 Å². The van der Waals surface area contributed by atoms with E-state index in [-0.39, 0.29) is 12.6 Å². The summed E-state index contributed by atoms with van der Waals surface area (Å²) in [6.45, 7) is 0.150. The van der Waals surface area contributed by atoms with Crippen molar-refractivity contribution in [1.82, 2.24) is 19.5 Å². The van der Waals surface area contributed by atoms with Gasteiger partial charge in [0.05, 0.1) is 35.2 Å². The highest BCUT2D eigenvalue weighted by atomic mass is 32.1. The second-order valence-electron chi connectivity index (χ2n) is 7.96. The van der Waals surface area contributed by atoms with E-state index in [1.54, 1.807) is 34.6 Å². The molecule has 3 aromatic heterocycles. The fourth-order valence-corrected chi connectivity index (χ4v) is 4.81. The minimum absolute atomic E-state index is 0.140. The summed E-state index contributed by atoms with van der Waals surface area (Å²) in [6, 6.07) is 15.2. The molecule has 1 atom stereocenters. The Balaban J connectivity index is 1.27. The molecule has 2 N–H and O–H groups in total. The predicted octanol–water partition coefficient (Wildman–Crippen LogP) is 4.90. The average Bonchev–Trinajstić information content (AvgIpc) is 3.45. The van der Waals surface area contributed by atoms with Gasteiger partial charge in [-0.05, 0) is 41.3 Å². The summed E-state index contributed by atoms with van der Waals surface area (Å²) in [5.41, 5.74) is 2.04. The molecule has 0 unspecified atom stereocenters. The minimum Gasteiger partial charge on any atom is -0.394 e. The number of fused-ring (bicyclic) bond motifs is 1. The highest BCUT2D eigenvalue weighted by Crippen LogP contribution is 2.32. The number of hydrogen-bond acceptors (Lipinski definition) is 6. The van der Waals surface area contributed by atoms with Crippen LogP contribution in [-0.4, -0.2) is 37.3 Å². The summed E-state index contributed by atoms with van der Waals surface area (Å²) >= 11 is 1.66. The Morgan fingerprint density at radius 1 is 1.03 bits per heavy atom. The standard InChI is InChI=1S/C25H21F2N5OS/c26-18-7-16(8-19(27)10-18)12-32-13-20(29-15-32)11-21(14-33)30-25-28-6-5-22(31-25)24-9-17-3-1-2-4-23(17)34-24/h1-10,13,15,21,33H,11-12,14H2,(H,28,30,31)/t21-/m0/s1. The Morgan fingerprint density at radius 2 is 1.85 bits per heavy atom. The third-order valence-corrected chi connectivity index (χ3v) is 6.46. The highest BCUT2D eigenvalue weighted by molar-refractivity contribution is 7.22. The molecule has 6 nitrogen and oxygen atoms in total. The van der Waals surface area contributed by atoms with Gasteiger partial charge in [0.1, 0.15) is 11.6 Å². The molecule has 172 valence electrons. The van der Waals surface area contributed by atoms with E-state index < -0.39 is 11.6 Å². The monoisotopic (exact) mass is 477 g/mol. The zero-order valence-corrected chi connectivity index (χ0v) is 18.8. The lowest BCUT2D eigenvalue weighted by atomic mass is 10.2. The molecule has 0 saturated heterocycles. The van der Waals surface area contributed by atoms with Gasteiger partial charge in [-0.3, -0.25) is 0 Å². The van der Waals surface area contributed by atoms with Crippen molar-refractivity contribution in [1.29, 1.82) is 0 Å². The third-order valence-electron chi connectivity index (χ3n) is 5.32. The van der Waals surface area contributed by atoms with E-state index in [0.717, 1.165) is 22.3 Å². The minimum atomic E-state index is -0.613. The number of aliphatic hydroxyl groups excluding tert-OH is 1. The summed E-state index contributed by atoms with van der Waals surface area (Å²) in [6.07, 6.45) is 5.51. The number of thiophene rings is 1. The maximum Gasteiger partial charge on any atom is 0.223 e. The van der Waals surface area contributed by atoms with Gasteiger partial charge in [-0.15, -0.1) is 11.3 Å². The van der Waals surface area contributed by atoms with Crippen LogP contribution >= 0.6 is 11.3 Å². The number of aliphatic hydroxyl groups is 1. The van der Waals surface area contributed by atoms with Crippen LogP contribution in [-0.2, 0) is 13.0 Å². The van der Waals surface area contributed by atoms with Crippen LogP contribution in [0.2, 0.25) is 0 Å². The number of benzene rings is 2. The Labute approximate surface area is 198 Å². The van der Waals surface area contributed by atoms with Gasteiger partial charge in [-0.1, -0.05) is 18.2 Å². The number of nitrogens with one attached hydrogen (secondary N) is 1. The van der Waals surface area contributed by atoms with Crippen LogP contribution in [0.1, 0.15) is 11.3 Å². The van der Waals surface area contributed by atoms with E-state index in [1.165, 1.54) is 22.2 Å². The Morgan fingerprint density at radius 3 is 2.65 bits per heavy atom. The fraction of sp³-hybridized carbons (Fsp3) is 0.160. The van der Waals surface area contributed by atoms with Crippen molar-refractivity contribution in [2.75, 3.05) is 11.9 Å². The molecular formula is C25H21F2N5OS. The van der Waals surface area contributed by atoms with Gasteiger partial charge in [-0.25, -0.2) is 23.7 Å². The van der Waals surface area contributed by atoms with Gasteiger partial charge >= 0.3 is 0 Å². The molecule has 0 bridgehead atoms. The number of rotatable bonds is 8. The van der Waals surface area contributed by atoms with Crippen LogP contribution in [0.3, 0.4) is 0 Å². The van der Waals surface area contributed by atoms with Crippen molar-refractivity contribution in [3.05, 3.63) is 96.2 Å². The van der Waals surface area contributed by atoms with Gasteiger partial charge in [0.25, 0.3) is 0 Å². The molecule has 0 radical (unpaired) electrons. The lowest BCUT2D eigenvalue weighted by molar-refractivity contribution is 0.272. The number of anilines is 1. The van der Waals surface area contributed by atoms with Crippen LogP contribution in [0.15, 0.2) is 73.3 Å². The quantitative estimate of drug-likeness (QED) is 0.333. The maximum absolute atomic E-state index is 13.4. The molecule has 0 amide bonds. The van der Waals surface area contributed by atoms with Gasteiger partial charge < -0.3 is 15.0 Å². The van der Waals surface area contributed by atoms with Crippen molar-refractivity contribution in [3.8, 4) is 10.6 Å². The Kier molecular flexibility index (Phi) is 6.29. The van der Waals surface area contributed by atoms with Gasteiger partial charge in [0, 0.05) is 36.1 Å². The lowest BCUT2D eigenvalue weighted by Crippen LogP contribution is -2.27. The molecule has 34 heavy (non-hydrogen) atoms. The van der Waals surface area contributed by atoms with Crippen molar-refractivity contribution < 1.29 is 13.9 Å². The highest BCUT2D eigenvalue weighted by Gasteiger charge is 2.14. The van der Waals surface area contributed by atoms with Crippen LogP contribution < -0.4 is 5.32 Å². The van der Waals surface area contributed by atoms with Crippen molar-refractivity contribution >= 4 is 27.4 Å². The zero-order chi connectivity index (χ0) is 23.5. The number of imidazole rings is 1. The molecule has 0 aliphatic carbocycles. The summed E-state index contributed by atoms with van der Waals surface area (Å²) in [4.78, 5) is 14.3. The zero-order valence-electron chi connectivity index (χ0n) is 18.0. The Bertz CT molecular complexity index is 1380. The second kappa shape index (κ2) is 9.66. The number of hydrogen-bond donors (Lipinski definition) is 2. The van der Waals surface area contributed by atoms with E-state index in [4.69, 9.17) is 0 Å². The molecule has 3 heterocycles. The first kappa shape index (κ1) is 22.1. The molecule has 5 rings (SSSR count). The fourth-order valence-electron chi connectivity index (χ4n) is 3.78. The molecule has 9 heteroatoms. The van der Waals surface area contributed by atoms with Crippen molar-refractivity contribution in [2.45, 2.75) is 19.0 Å². The summed E-state index contributed by atoms with van der Waals surface area (Å²) in [5, 5.41) is 14.2. The van der Waals surface area contributed by atoms with Gasteiger partial charge in [0.15, 0.2) is 0 Å². The van der Waals surface area contributed by atoms with Gasteiger partial charge in [-0.2, -0.15) is 0 Å². The largest absolute Gasteiger partial charge is 0.394 e. The molecule has 2 aromatic carbocycles. The van der Waals surface area contributed by atoms with Crippen LogP contribution in [0.25, 0.3) is 20.7 Å². The number of aromatic nitrogens is 4. The van der Waals surface area contributed by atoms with E-state index >= 15 is 0 Å². The van der Waals surface area contributed by atoms with E-state index in [9.17, 15) is 13.9 Å². The second-order valence-corrected chi connectivity index (χ2v) is 9.04. The molecule has 0 fully saturated rings. The first-order valence-electron chi connectivity index (χ1n) is 10.7. The van der Waals surface area contributed by atoms with Crippen LogP contribution in [0.5, 0.6) is 0 Å². The predicted molar refractivity (Wildman–Crippen MR) is 129 cm³/mol. The van der Waals surface area contributed by atoms with Crippen LogP contribution in [0, 0.1) is 11.6 Å². The number of halogens is 2. The van der Waals surface area contributed by atoms with E-state index in [2.05, 4.69) is 38.5 Å². The molecule has 0 saturated carbocycles. The number of nitrogens with zero attached hydrogens (tertiary/aromatic N) is 4. The lowest BCUT2D eigenvalue weighted by Gasteiger charge is -2.15. The third kappa shape index (κ3) is 5.11. The first-order chi connectivity index (χ1) is 16.6. The first-order valence-corrected chi connectivity index (χ1v) is 11.5. The van der Waals surface area contributed by atoms with Gasteiger partial charge in [0.2, 0.25) is 5.95 Å². The normalized spacial score (nSPS) is 12.2. The topological polar surface area (TPSA) is 75.9 Å². The SMILES string of the molecule is OC[C@H](Cc1cn(Cc2cc(F)cc(F)c2)cn1)Nc1nccc(-c2cc3ccccc3s2)n1. The maximum atomic E-state index is 13.4. The smallest absolute Gasteiger partial charge is 0.223 e. The summed E-state index contributed by atoms with van der Waals surface area (Å²) < 4.78 is 29.8. The summed E-state index contributed by atoms with van der Waals surface area (Å²) in [5.74, 6) is -0.806. The molecule has 0 aliphatic heterocycles. The summed E-state index contributed by atoms with van der Waals surface area (Å²) in [7, 11) is 0. The molecule has 0 spiro atoms. The molecule has 5 aromatic rings. The molecular weight excluding hydrogens is 456 g/mol. The average molecular weight is 478 g/mol. The van der Waals surface area contributed by atoms with Crippen molar-refractivity contribution in [2.24, 2.45) is 0 Å². The molecule has 0 aliphatic rings. The van der Waals surface area contributed by atoms with Crippen LogP contribution in [0.4, 0.5) is 14.7 Å².